The maximum Gasteiger partial charge on any atom is 0.247 e. The SMILES string of the molecule is Cc1ccc(F)c(C(C)[C@@H](C(N)=O)N2CCOc3cc(Cl)ccc3S2(=O)=O)c1C. The zero-order chi connectivity index (χ0) is 21.5. The van der Waals surface area contributed by atoms with Crippen LogP contribution in [-0.2, 0) is 14.8 Å². The Balaban J connectivity index is 2.14. The standard InChI is InChI=1S/C20H22ClFN2O4S/c1-11-4-6-15(22)18(12(11)2)13(3)19(20(23)25)24-8-9-28-16-10-14(21)5-7-17(16)29(24,26)27/h4-7,10,13,19H,8-9H2,1-3H3,(H2,23,25)/t13?,19-/m0/s1. The molecule has 0 aliphatic carbocycles. The number of nitrogens with zero attached hydrogens (tertiary/aromatic N) is 1. The van der Waals surface area contributed by atoms with E-state index in [1.807, 2.05) is 6.92 Å². The number of hydrogen-bond acceptors (Lipinski definition) is 4. The van der Waals surface area contributed by atoms with Gasteiger partial charge in [0.1, 0.15) is 29.1 Å². The molecule has 2 aromatic carbocycles. The van der Waals surface area contributed by atoms with Crippen molar-refractivity contribution in [3.63, 3.8) is 0 Å². The summed E-state index contributed by atoms with van der Waals surface area (Å²) >= 11 is 5.95. The highest BCUT2D eigenvalue weighted by molar-refractivity contribution is 7.89. The maximum absolute atomic E-state index is 14.7. The molecule has 0 spiro atoms. The summed E-state index contributed by atoms with van der Waals surface area (Å²) in [6, 6.07) is 5.82. The Labute approximate surface area is 174 Å². The van der Waals surface area contributed by atoms with Crippen molar-refractivity contribution in [2.45, 2.75) is 37.6 Å². The van der Waals surface area contributed by atoms with Gasteiger partial charge in [-0.3, -0.25) is 4.79 Å². The number of primary amides is 1. The van der Waals surface area contributed by atoms with Gasteiger partial charge in [0.15, 0.2) is 0 Å². The first-order valence-electron chi connectivity index (χ1n) is 9.04. The van der Waals surface area contributed by atoms with Crippen molar-refractivity contribution in [3.8, 4) is 5.75 Å². The number of halogens is 2. The van der Waals surface area contributed by atoms with E-state index >= 15 is 0 Å². The summed E-state index contributed by atoms with van der Waals surface area (Å²) in [5.74, 6) is -2.08. The number of fused-ring (bicyclic) bond motifs is 1. The third-order valence-corrected chi connectivity index (χ3v) is 7.48. The smallest absolute Gasteiger partial charge is 0.247 e. The average Bonchev–Trinajstić information content (AvgIpc) is 2.75. The number of benzene rings is 2. The summed E-state index contributed by atoms with van der Waals surface area (Å²) in [6.45, 7) is 5.04. The number of carbonyl (C=O) groups is 1. The second-order valence-electron chi connectivity index (χ2n) is 7.09. The van der Waals surface area contributed by atoms with Crippen LogP contribution < -0.4 is 10.5 Å². The molecule has 6 nitrogen and oxygen atoms in total. The van der Waals surface area contributed by atoms with Crippen molar-refractivity contribution in [2.24, 2.45) is 5.73 Å². The predicted molar refractivity (Wildman–Crippen MR) is 108 cm³/mol. The minimum Gasteiger partial charge on any atom is -0.491 e. The highest BCUT2D eigenvalue weighted by atomic mass is 35.5. The van der Waals surface area contributed by atoms with E-state index in [2.05, 4.69) is 0 Å². The minimum absolute atomic E-state index is 0.00163. The van der Waals surface area contributed by atoms with Gasteiger partial charge >= 0.3 is 0 Å². The lowest BCUT2D eigenvalue weighted by molar-refractivity contribution is -0.122. The first-order chi connectivity index (χ1) is 13.6. The number of rotatable bonds is 4. The van der Waals surface area contributed by atoms with Crippen molar-refractivity contribution in [2.75, 3.05) is 13.2 Å². The summed E-state index contributed by atoms with van der Waals surface area (Å²) in [5.41, 5.74) is 7.38. The van der Waals surface area contributed by atoms with E-state index in [9.17, 15) is 17.6 Å². The molecule has 2 atom stereocenters. The topological polar surface area (TPSA) is 89.7 Å². The Morgan fingerprint density at radius 1 is 1.28 bits per heavy atom. The molecule has 156 valence electrons. The largest absolute Gasteiger partial charge is 0.491 e. The summed E-state index contributed by atoms with van der Waals surface area (Å²) in [6.07, 6.45) is 0. The fraction of sp³-hybridized carbons (Fsp3) is 0.350. The molecule has 1 aliphatic heterocycles. The number of sulfonamides is 1. The molecule has 1 amide bonds. The van der Waals surface area contributed by atoms with E-state index in [-0.39, 0.29) is 29.4 Å². The molecule has 0 saturated heterocycles. The van der Waals surface area contributed by atoms with Crippen molar-refractivity contribution >= 4 is 27.5 Å². The van der Waals surface area contributed by atoms with E-state index in [1.165, 1.54) is 24.3 Å². The monoisotopic (exact) mass is 440 g/mol. The van der Waals surface area contributed by atoms with E-state index in [1.54, 1.807) is 19.9 Å². The number of aryl methyl sites for hydroxylation is 1. The highest BCUT2D eigenvalue weighted by Crippen LogP contribution is 2.37. The highest BCUT2D eigenvalue weighted by Gasteiger charge is 2.42. The first-order valence-corrected chi connectivity index (χ1v) is 10.9. The Hall–Kier alpha value is -2.16. The molecular weight excluding hydrogens is 419 g/mol. The lowest BCUT2D eigenvalue weighted by Gasteiger charge is -2.32. The maximum atomic E-state index is 14.7. The summed E-state index contributed by atoms with van der Waals surface area (Å²) < 4.78 is 47.9. The van der Waals surface area contributed by atoms with Gasteiger partial charge in [-0.1, -0.05) is 24.6 Å². The van der Waals surface area contributed by atoms with Gasteiger partial charge in [-0.2, -0.15) is 4.31 Å². The Kier molecular flexibility index (Phi) is 5.89. The fourth-order valence-corrected chi connectivity index (χ4v) is 5.67. The zero-order valence-electron chi connectivity index (χ0n) is 16.3. The molecule has 1 unspecified atom stereocenters. The van der Waals surface area contributed by atoms with Crippen LogP contribution in [0.2, 0.25) is 5.02 Å². The van der Waals surface area contributed by atoms with Crippen molar-refractivity contribution in [1.29, 1.82) is 0 Å². The van der Waals surface area contributed by atoms with Gasteiger partial charge in [0, 0.05) is 23.6 Å². The third-order valence-electron chi connectivity index (χ3n) is 5.32. The van der Waals surface area contributed by atoms with Crippen molar-refractivity contribution < 1.29 is 22.3 Å². The number of carbonyl (C=O) groups excluding carboxylic acids is 1. The van der Waals surface area contributed by atoms with Crippen molar-refractivity contribution in [3.05, 3.63) is 57.9 Å². The number of nitrogens with two attached hydrogens (primary N) is 1. The number of ether oxygens (including phenoxy) is 1. The van der Waals surface area contributed by atoms with Crippen LogP contribution in [0.1, 0.15) is 29.5 Å². The minimum atomic E-state index is -4.14. The molecule has 0 fully saturated rings. The first kappa shape index (κ1) is 21.5. The molecule has 2 aromatic rings. The van der Waals surface area contributed by atoms with Crippen LogP contribution in [0.15, 0.2) is 35.2 Å². The average molecular weight is 441 g/mol. The van der Waals surface area contributed by atoms with Crippen LogP contribution in [0, 0.1) is 19.7 Å². The van der Waals surface area contributed by atoms with Crippen LogP contribution in [0.3, 0.4) is 0 Å². The van der Waals surface area contributed by atoms with Gasteiger partial charge < -0.3 is 10.5 Å². The molecule has 0 aromatic heterocycles. The molecule has 0 radical (unpaired) electrons. The Morgan fingerprint density at radius 3 is 2.62 bits per heavy atom. The van der Waals surface area contributed by atoms with Gasteiger partial charge in [-0.25, -0.2) is 12.8 Å². The Bertz CT molecular complexity index is 1070. The summed E-state index contributed by atoms with van der Waals surface area (Å²) in [4.78, 5) is 12.3. The van der Waals surface area contributed by atoms with Gasteiger partial charge in [0.05, 0.1) is 0 Å². The Morgan fingerprint density at radius 2 is 1.97 bits per heavy atom. The van der Waals surface area contributed by atoms with Crippen LogP contribution in [0.25, 0.3) is 0 Å². The predicted octanol–water partition coefficient (Wildman–Crippen LogP) is 3.14. The van der Waals surface area contributed by atoms with E-state index < -0.39 is 33.7 Å². The lowest BCUT2D eigenvalue weighted by Crippen LogP contribution is -2.51. The fourth-order valence-electron chi connectivity index (χ4n) is 3.75. The molecule has 0 saturated carbocycles. The van der Waals surface area contributed by atoms with Gasteiger partial charge in [0.25, 0.3) is 0 Å². The molecule has 2 N–H and O–H groups in total. The van der Waals surface area contributed by atoms with Crippen LogP contribution in [0.4, 0.5) is 4.39 Å². The van der Waals surface area contributed by atoms with Gasteiger partial charge in [0.2, 0.25) is 15.9 Å². The van der Waals surface area contributed by atoms with Crippen molar-refractivity contribution in [1.82, 2.24) is 4.31 Å². The van der Waals surface area contributed by atoms with E-state index in [4.69, 9.17) is 22.1 Å². The molecule has 0 bridgehead atoms. The third kappa shape index (κ3) is 3.84. The van der Waals surface area contributed by atoms with Crippen LogP contribution in [-0.4, -0.2) is 37.8 Å². The van der Waals surface area contributed by atoms with Gasteiger partial charge in [-0.05, 0) is 48.7 Å². The summed E-state index contributed by atoms with van der Waals surface area (Å²) in [5, 5.41) is 0.324. The van der Waals surface area contributed by atoms with Crippen LogP contribution in [0.5, 0.6) is 5.75 Å². The molecule has 9 heteroatoms. The van der Waals surface area contributed by atoms with Gasteiger partial charge in [-0.15, -0.1) is 0 Å². The molecular formula is C20H22ClFN2O4S. The van der Waals surface area contributed by atoms with Crippen LogP contribution >= 0.6 is 11.6 Å². The zero-order valence-corrected chi connectivity index (χ0v) is 17.8. The quantitative estimate of drug-likeness (QED) is 0.790. The van der Waals surface area contributed by atoms with E-state index in [0.717, 1.165) is 9.87 Å². The normalized spacial score (nSPS) is 18.2. The second kappa shape index (κ2) is 7.93. The number of amides is 1. The summed E-state index contributed by atoms with van der Waals surface area (Å²) in [7, 11) is -4.14. The second-order valence-corrected chi connectivity index (χ2v) is 9.39. The van der Waals surface area contributed by atoms with E-state index in [0.29, 0.717) is 10.6 Å². The molecule has 1 aliphatic rings. The number of hydrogen-bond donors (Lipinski definition) is 1. The lowest BCUT2D eigenvalue weighted by atomic mass is 9.87. The molecule has 29 heavy (non-hydrogen) atoms. The molecule has 3 rings (SSSR count). The molecule has 1 heterocycles.